The van der Waals surface area contributed by atoms with Crippen LogP contribution in [-0.2, 0) is 11.3 Å². The molecule has 1 amide bonds. The van der Waals surface area contributed by atoms with Crippen LogP contribution in [0, 0.1) is 19.7 Å². The van der Waals surface area contributed by atoms with Crippen molar-refractivity contribution in [2.45, 2.75) is 25.3 Å². The summed E-state index contributed by atoms with van der Waals surface area (Å²) >= 11 is 2.90. The number of thioether (sulfide) groups is 1. The van der Waals surface area contributed by atoms with Crippen molar-refractivity contribution in [3.8, 4) is 0 Å². The van der Waals surface area contributed by atoms with E-state index in [9.17, 15) is 9.18 Å². The molecule has 2 aromatic heterocycles. The average Bonchev–Trinajstić information content (AvgIpc) is 3.16. The van der Waals surface area contributed by atoms with Crippen LogP contribution in [0.1, 0.15) is 16.8 Å². The lowest BCUT2D eigenvalue weighted by Gasteiger charge is -2.19. The van der Waals surface area contributed by atoms with Gasteiger partial charge in [-0.15, -0.1) is 11.8 Å². The molecular formula is C23H20FN3OS2. The minimum absolute atomic E-state index is 0.0663. The minimum Gasteiger partial charge on any atom is -0.281 e. The van der Waals surface area contributed by atoms with Gasteiger partial charge in [-0.25, -0.2) is 9.37 Å². The Hall–Kier alpha value is -2.77. The molecule has 7 heteroatoms. The van der Waals surface area contributed by atoms with Gasteiger partial charge >= 0.3 is 0 Å². The number of amides is 1. The molecule has 0 saturated carbocycles. The molecule has 2 heterocycles. The average molecular weight is 438 g/mol. The Balaban J connectivity index is 1.63. The van der Waals surface area contributed by atoms with Crippen LogP contribution in [0.15, 0.2) is 65.7 Å². The Labute approximate surface area is 182 Å². The van der Waals surface area contributed by atoms with Gasteiger partial charge in [-0.05, 0) is 67.4 Å². The molecule has 0 radical (unpaired) electrons. The summed E-state index contributed by atoms with van der Waals surface area (Å²) in [6.45, 7) is 4.45. The summed E-state index contributed by atoms with van der Waals surface area (Å²) < 4.78 is 14.2. The third kappa shape index (κ3) is 4.68. The van der Waals surface area contributed by atoms with E-state index >= 15 is 0 Å². The van der Waals surface area contributed by atoms with Gasteiger partial charge in [0.15, 0.2) is 5.13 Å². The van der Waals surface area contributed by atoms with Gasteiger partial charge in [0.05, 0.1) is 28.2 Å². The molecule has 4 nitrogen and oxygen atoms in total. The van der Waals surface area contributed by atoms with Gasteiger partial charge < -0.3 is 0 Å². The number of aryl methyl sites for hydroxylation is 2. The first kappa shape index (κ1) is 20.5. The first-order chi connectivity index (χ1) is 14.5. The van der Waals surface area contributed by atoms with E-state index in [2.05, 4.69) is 18.0 Å². The van der Waals surface area contributed by atoms with Crippen LogP contribution in [0.2, 0.25) is 0 Å². The van der Waals surface area contributed by atoms with Crippen LogP contribution in [0.3, 0.4) is 0 Å². The molecule has 0 bridgehead atoms. The van der Waals surface area contributed by atoms with E-state index in [-0.39, 0.29) is 17.5 Å². The second kappa shape index (κ2) is 8.93. The van der Waals surface area contributed by atoms with E-state index in [1.54, 1.807) is 23.2 Å². The van der Waals surface area contributed by atoms with E-state index in [1.807, 2.05) is 31.2 Å². The van der Waals surface area contributed by atoms with Crippen molar-refractivity contribution in [1.29, 1.82) is 0 Å². The quantitative estimate of drug-likeness (QED) is 0.359. The predicted octanol–water partition coefficient (Wildman–Crippen LogP) is 5.77. The second-order valence-electron chi connectivity index (χ2n) is 6.97. The summed E-state index contributed by atoms with van der Waals surface area (Å²) in [7, 11) is 0. The van der Waals surface area contributed by atoms with E-state index in [1.165, 1.54) is 35.2 Å². The molecule has 0 spiro atoms. The molecule has 0 unspecified atom stereocenters. The molecule has 152 valence electrons. The number of carbonyl (C=O) groups is 1. The standard InChI is InChI=1S/C23H20FN3OS2/c1-15-11-16(2)22-20(12-15)26-23(30-22)27(13-18-5-3-4-10-25-18)21(28)14-29-19-8-6-17(24)7-9-19/h3-12H,13-14H2,1-2H3. The highest BCUT2D eigenvalue weighted by Crippen LogP contribution is 2.33. The summed E-state index contributed by atoms with van der Waals surface area (Å²) in [5.74, 6) is -0.127. The van der Waals surface area contributed by atoms with Crippen LogP contribution in [-0.4, -0.2) is 21.6 Å². The molecule has 2 aromatic carbocycles. The number of hydrogen-bond donors (Lipinski definition) is 0. The van der Waals surface area contributed by atoms with Crippen molar-refractivity contribution in [2.24, 2.45) is 0 Å². The van der Waals surface area contributed by atoms with Crippen molar-refractivity contribution >= 4 is 44.4 Å². The van der Waals surface area contributed by atoms with Crippen LogP contribution >= 0.6 is 23.1 Å². The van der Waals surface area contributed by atoms with E-state index in [4.69, 9.17) is 4.98 Å². The number of pyridine rings is 1. The number of anilines is 1. The summed E-state index contributed by atoms with van der Waals surface area (Å²) in [4.78, 5) is 24.9. The van der Waals surface area contributed by atoms with E-state index in [0.29, 0.717) is 11.7 Å². The van der Waals surface area contributed by atoms with Gasteiger partial charge in [0.25, 0.3) is 0 Å². The van der Waals surface area contributed by atoms with Gasteiger partial charge in [0.1, 0.15) is 5.82 Å². The highest BCUT2D eigenvalue weighted by atomic mass is 32.2. The summed E-state index contributed by atoms with van der Waals surface area (Å²) in [6, 6.07) is 16.0. The van der Waals surface area contributed by atoms with Crippen molar-refractivity contribution < 1.29 is 9.18 Å². The normalized spacial score (nSPS) is 11.0. The van der Waals surface area contributed by atoms with Crippen molar-refractivity contribution in [3.05, 3.63) is 83.4 Å². The summed E-state index contributed by atoms with van der Waals surface area (Å²) in [5.41, 5.74) is 3.99. The van der Waals surface area contributed by atoms with Crippen molar-refractivity contribution in [1.82, 2.24) is 9.97 Å². The van der Waals surface area contributed by atoms with Gasteiger partial charge in [-0.2, -0.15) is 0 Å². The Morgan fingerprint density at radius 1 is 1.13 bits per heavy atom. The highest BCUT2D eigenvalue weighted by molar-refractivity contribution is 8.00. The van der Waals surface area contributed by atoms with Crippen LogP contribution in [0.5, 0.6) is 0 Å². The van der Waals surface area contributed by atoms with Crippen LogP contribution in [0.25, 0.3) is 10.2 Å². The van der Waals surface area contributed by atoms with Crippen molar-refractivity contribution in [3.63, 3.8) is 0 Å². The zero-order valence-electron chi connectivity index (χ0n) is 16.6. The number of carbonyl (C=O) groups excluding carboxylic acids is 1. The molecule has 4 aromatic rings. The number of rotatable bonds is 6. The lowest BCUT2D eigenvalue weighted by molar-refractivity contribution is -0.116. The molecule has 0 aliphatic carbocycles. The molecule has 4 rings (SSSR count). The SMILES string of the molecule is Cc1cc(C)c2sc(N(Cc3ccccn3)C(=O)CSc3ccc(F)cc3)nc2c1. The number of nitrogens with zero attached hydrogens (tertiary/aromatic N) is 3. The van der Waals surface area contributed by atoms with E-state index in [0.717, 1.165) is 31.9 Å². The van der Waals surface area contributed by atoms with Gasteiger partial charge in [-0.3, -0.25) is 14.7 Å². The molecule has 0 N–H and O–H groups in total. The third-order valence-electron chi connectivity index (χ3n) is 4.56. The first-order valence-electron chi connectivity index (χ1n) is 9.46. The number of fused-ring (bicyclic) bond motifs is 1. The minimum atomic E-state index is -0.289. The Morgan fingerprint density at radius 3 is 2.67 bits per heavy atom. The van der Waals surface area contributed by atoms with E-state index < -0.39 is 0 Å². The largest absolute Gasteiger partial charge is 0.281 e. The maximum absolute atomic E-state index is 13.2. The Morgan fingerprint density at radius 2 is 1.93 bits per heavy atom. The molecule has 0 aliphatic heterocycles. The van der Waals surface area contributed by atoms with Gasteiger partial charge in [0.2, 0.25) is 5.91 Å². The number of thiazole rings is 1. The maximum atomic E-state index is 13.2. The zero-order valence-corrected chi connectivity index (χ0v) is 18.3. The molecule has 0 aliphatic rings. The fraction of sp³-hybridized carbons (Fsp3) is 0.174. The lowest BCUT2D eigenvalue weighted by Crippen LogP contribution is -2.32. The summed E-state index contributed by atoms with van der Waals surface area (Å²) in [6.07, 6.45) is 1.72. The maximum Gasteiger partial charge on any atom is 0.239 e. The predicted molar refractivity (Wildman–Crippen MR) is 122 cm³/mol. The fourth-order valence-electron chi connectivity index (χ4n) is 3.15. The Bertz CT molecular complexity index is 1180. The second-order valence-corrected chi connectivity index (χ2v) is 9.00. The smallest absolute Gasteiger partial charge is 0.239 e. The molecule has 0 atom stereocenters. The van der Waals surface area contributed by atoms with Crippen LogP contribution in [0.4, 0.5) is 9.52 Å². The van der Waals surface area contributed by atoms with Crippen LogP contribution < -0.4 is 4.90 Å². The topological polar surface area (TPSA) is 46.1 Å². The molecule has 0 fully saturated rings. The third-order valence-corrected chi connectivity index (χ3v) is 6.79. The zero-order chi connectivity index (χ0) is 21.1. The van der Waals surface area contributed by atoms with Gasteiger partial charge in [-0.1, -0.05) is 23.5 Å². The Kier molecular flexibility index (Phi) is 6.11. The monoisotopic (exact) mass is 437 g/mol. The molecular weight excluding hydrogens is 417 g/mol. The lowest BCUT2D eigenvalue weighted by atomic mass is 10.1. The first-order valence-corrected chi connectivity index (χ1v) is 11.3. The number of halogens is 1. The fourth-order valence-corrected chi connectivity index (χ4v) is 4.96. The number of aromatic nitrogens is 2. The van der Waals surface area contributed by atoms with Crippen molar-refractivity contribution in [2.75, 3.05) is 10.7 Å². The molecule has 0 saturated heterocycles. The molecule has 30 heavy (non-hydrogen) atoms. The highest BCUT2D eigenvalue weighted by Gasteiger charge is 2.21. The summed E-state index contributed by atoms with van der Waals surface area (Å²) in [5, 5.41) is 0.661. The number of benzene rings is 2. The van der Waals surface area contributed by atoms with Gasteiger partial charge in [0, 0.05) is 11.1 Å². The number of hydrogen-bond acceptors (Lipinski definition) is 5.